The number of carbonyl (C=O) groups excluding carboxylic acids is 2. The number of nitro groups is 1. The number of likely N-dealkylation sites (N-methyl/N-ethyl adjacent to an activating group) is 1. The van der Waals surface area contributed by atoms with E-state index in [4.69, 9.17) is 23.2 Å². The van der Waals surface area contributed by atoms with E-state index in [-0.39, 0.29) is 17.5 Å². The first-order valence-corrected chi connectivity index (χ1v) is 13.2. The number of nitrogens with zero attached hydrogens (tertiary/aromatic N) is 4. The molecule has 1 saturated heterocycles. The Balaban J connectivity index is 1.61. The molecular formula is C25H28Cl2N4O4S. The Hall–Kier alpha value is -2.59. The molecule has 0 atom stereocenters. The Kier molecular flexibility index (Phi) is 10.2. The fraction of sp³-hybridized carbons (Fsp3) is 0.360. The van der Waals surface area contributed by atoms with E-state index in [0.29, 0.717) is 71.2 Å². The number of amides is 2. The quantitative estimate of drug-likeness (QED) is 0.246. The first-order chi connectivity index (χ1) is 17.2. The zero-order valence-corrected chi connectivity index (χ0v) is 22.5. The van der Waals surface area contributed by atoms with Crippen LogP contribution in [0.1, 0.15) is 19.4 Å². The van der Waals surface area contributed by atoms with Crippen molar-refractivity contribution in [2.45, 2.75) is 23.6 Å². The van der Waals surface area contributed by atoms with E-state index in [1.165, 1.54) is 23.9 Å². The molecule has 3 rings (SSSR count). The van der Waals surface area contributed by atoms with Crippen LogP contribution in [-0.2, 0) is 9.59 Å². The largest absolute Gasteiger partial charge is 0.342 e. The van der Waals surface area contributed by atoms with Gasteiger partial charge in [-0.25, -0.2) is 0 Å². The van der Waals surface area contributed by atoms with Crippen molar-refractivity contribution in [3.05, 3.63) is 68.2 Å². The Morgan fingerprint density at radius 1 is 1.06 bits per heavy atom. The summed E-state index contributed by atoms with van der Waals surface area (Å²) in [6, 6.07) is 9.77. The topological polar surface area (TPSA) is 87.0 Å². The van der Waals surface area contributed by atoms with Gasteiger partial charge in [-0.2, -0.15) is 0 Å². The molecule has 0 aliphatic carbocycles. The van der Waals surface area contributed by atoms with Gasteiger partial charge in [-0.3, -0.25) is 24.6 Å². The number of piperazine rings is 1. The van der Waals surface area contributed by atoms with E-state index in [1.54, 1.807) is 46.2 Å². The van der Waals surface area contributed by atoms with Gasteiger partial charge < -0.3 is 9.80 Å². The summed E-state index contributed by atoms with van der Waals surface area (Å²) in [6.07, 6.45) is 3.01. The third kappa shape index (κ3) is 7.46. The molecule has 0 N–H and O–H groups in total. The molecule has 1 heterocycles. The van der Waals surface area contributed by atoms with Crippen LogP contribution in [0.5, 0.6) is 0 Å². The Morgan fingerprint density at radius 2 is 1.72 bits per heavy atom. The highest BCUT2D eigenvalue weighted by Crippen LogP contribution is 2.39. The fourth-order valence-corrected chi connectivity index (χ4v) is 5.24. The van der Waals surface area contributed by atoms with Crippen LogP contribution in [0.4, 0.5) is 5.69 Å². The second-order valence-electron chi connectivity index (χ2n) is 8.16. The number of hydrogen-bond donors (Lipinski definition) is 0. The van der Waals surface area contributed by atoms with Crippen LogP contribution in [0, 0.1) is 10.1 Å². The maximum absolute atomic E-state index is 12.7. The molecule has 0 aromatic heterocycles. The molecule has 2 aromatic carbocycles. The molecule has 0 radical (unpaired) electrons. The number of carbonyl (C=O) groups is 2. The van der Waals surface area contributed by atoms with E-state index in [1.807, 2.05) is 13.8 Å². The molecular weight excluding hydrogens is 523 g/mol. The summed E-state index contributed by atoms with van der Waals surface area (Å²) in [6.45, 7) is 7.93. The van der Waals surface area contributed by atoms with Crippen molar-refractivity contribution in [3.8, 4) is 0 Å². The van der Waals surface area contributed by atoms with Gasteiger partial charge >= 0.3 is 0 Å². The second-order valence-corrected chi connectivity index (χ2v) is 10.1. The lowest BCUT2D eigenvalue weighted by molar-refractivity contribution is -0.387. The van der Waals surface area contributed by atoms with Crippen molar-refractivity contribution in [3.63, 3.8) is 0 Å². The molecule has 1 fully saturated rings. The minimum atomic E-state index is -0.454. The van der Waals surface area contributed by atoms with E-state index in [0.717, 1.165) is 0 Å². The first kappa shape index (κ1) is 28.0. The minimum Gasteiger partial charge on any atom is -0.342 e. The standard InChI is InChI=1S/C25H28Cl2N4O4S/c1-3-29(4-2)25(33)17-28-11-13-30(14-12-28)24(32)10-6-18-5-8-23(21(15-18)31(34)35)36-22-9-7-19(26)16-20(22)27/h5-10,15-16H,3-4,11-14,17H2,1-2H3. The normalized spacial score (nSPS) is 14.3. The van der Waals surface area contributed by atoms with Gasteiger partial charge in [-0.1, -0.05) is 41.0 Å². The van der Waals surface area contributed by atoms with E-state index >= 15 is 0 Å². The Bertz CT molecular complexity index is 1150. The van der Waals surface area contributed by atoms with Crippen LogP contribution in [0.2, 0.25) is 10.0 Å². The van der Waals surface area contributed by atoms with E-state index < -0.39 is 4.92 Å². The van der Waals surface area contributed by atoms with Crippen LogP contribution in [0.3, 0.4) is 0 Å². The zero-order valence-electron chi connectivity index (χ0n) is 20.2. The van der Waals surface area contributed by atoms with Crippen molar-refractivity contribution < 1.29 is 14.5 Å². The van der Waals surface area contributed by atoms with Crippen molar-refractivity contribution in [1.29, 1.82) is 0 Å². The number of halogens is 2. The van der Waals surface area contributed by atoms with Gasteiger partial charge in [0.1, 0.15) is 0 Å². The Morgan fingerprint density at radius 3 is 2.33 bits per heavy atom. The van der Waals surface area contributed by atoms with E-state index in [9.17, 15) is 19.7 Å². The molecule has 2 aromatic rings. The smallest absolute Gasteiger partial charge is 0.283 e. The average molecular weight is 551 g/mol. The summed E-state index contributed by atoms with van der Waals surface area (Å²) in [5, 5.41) is 12.6. The van der Waals surface area contributed by atoms with Gasteiger partial charge in [0.25, 0.3) is 5.69 Å². The van der Waals surface area contributed by atoms with Crippen LogP contribution in [0.15, 0.2) is 52.3 Å². The van der Waals surface area contributed by atoms with Gasteiger partial charge in [0.2, 0.25) is 11.8 Å². The summed E-state index contributed by atoms with van der Waals surface area (Å²) in [5.41, 5.74) is 0.470. The van der Waals surface area contributed by atoms with Gasteiger partial charge in [-0.05, 0) is 49.8 Å². The SMILES string of the molecule is CCN(CC)C(=O)CN1CCN(C(=O)C=Cc2ccc(Sc3ccc(Cl)cc3Cl)c([N+](=O)[O-])c2)CC1. The van der Waals surface area contributed by atoms with Crippen molar-refractivity contribution in [1.82, 2.24) is 14.7 Å². The molecule has 2 amide bonds. The highest BCUT2D eigenvalue weighted by atomic mass is 35.5. The van der Waals surface area contributed by atoms with Crippen molar-refractivity contribution >= 4 is 58.5 Å². The van der Waals surface area contributed by atoms with Gasteiger partial charge in [-0.15, -0.1) is 0 Å². The lowest BCUT2D eigenvalue weighted by atomic mass is 10.2. The molecule has 0 saturated carbocycles. The van der Waals surface area contributed by atoms with Crippen LogP contribution < -0.4 is 0 Å². The number of hydrogen-bond acceptors (Lipinski definition) is 6. The van der Waals surface area contributed by atoms with Gasteiger partial charge in [0, 0.05) is 61.3 Å². The molecule has 0 bridgehead atoms. The monoisotopic (exact) mass is 550 g/mol. The van der Waals surface area contributed by atoms with Crippen molar-refractivity contribution in [2.24, 2.45) is 0 Å². The zero-order chi connectivity index (χ0) is 26.2. The lowest BCUT2D eigenvalue weighted by Crippen LogP contribution is -2.51. The molecule has 192 valence electrons. The second kappa shape index (κ2) is 13.1. The summed E-state index contributed by atoms with van der Waals surface area (Å²) >= 11 is 13.3. The lowest BCUT2D eigenvalue weighted by Gasteiger charge is -2.34. The summed E-state index contributed by atoms with van der Waals surface area (Å²) in [5.74, 6) is -0.0695. The maximum atomic E-state index is 12.7. The van der Waals surface area contributed by atoms with Crippen LogP contribution in [-0.4, -0.2) is 77.3 Å². The Labute approximate surface area is 225 Å². The molecule has 1 aliphatic rings. The maximum Gasteiger partial charge on any atom is 0.283 e. The summed E-state index contributed by atoms with van der Waals surface area (Å²) < 4.78 is 0. The molecule has 36 heavy (non-hydrogen) atoms. The predicted molar refractivity (Wildman–Crippen MR) is 144 cm³/mol. The molecule has 1 aliphatic heterocycles. The summed E-state index contributed by atoms with van der Waals surface area (Å²) in [7, 11) is 0. The molecule has 0 unspecified atom stereocenters. The number of rotatable bonds is 9. The van der Waals surface area contributed by atoms with Crippen LogP contribution in [0.25, 0.3) is 6.08 Å². The first-order valence-electron chi connectivity index (χ1n) is 11.6. The molecule has 11 heteroatoms. The third-order valence-corrected chi connectivity index (χ3v) is 7.67. The number of nitro benzene ring substituents is 1. The van der Waals surface area contributed by atoms with Crippen molar-refractivity contribution in [2.75, 3.05) is 45.8 Å². The van der Waals surface area contributed by atoms with Gasteiger partial charge in [0.05, 0.1) is 21.4 Å². The van der Waals surface area contributed by atoms with E-state index in [2.05, 4.69) is 4.90 Å². The highest BCUT2D eigenvalue weighted by molar-refractivity contribution is 7.99. The third-order valence-electron chi connectivity index (χ3n) is 5.87. The molecule has 8 nitrogen and oxygen atoms in total. The minimum absolute atomic E-state index is 0.0768. The highest BCUT2D eigenvalue weighted by Gasteiger charge is 2.23. The fourth-order valence-electron chi connectivity index (χ4n) is 3.81. The predicted octanol–water partition coefficient (Wildman–Crippen LogP) is 5.08. The molecule has 0 spiro atoms. The van der Waals surface area contributed by atoms with Crippen LogP contribution >= 0.6 is 35.0 Å². The average Bonchev–Trinajstić information content (AvgIpc) is 2.86. The summed E-state index contributed by atoms with van der Waals surface area (Å²) in [4.78, 5) is 42.9. The number of benzene rings is 2. The van der Waals surface area contributed by atoms with Gasteiger partial charge in [0.15, 0.2) is 0 Å².